The number of ether oxygens (including phenoxy) is 1. The number of nitrogens with one attached hydrogen (secondary N) is 1. The lowest BCUT2D eigenvalue weighted by molar-refractivity contribution is -0.0000164. The molecular formula is C30H35BrNO2P. The summed E-state index contributed by atoms with van der Waals surface area (Å²) in [5, 5.41) is 7.15. The third-order valence-corrected chi connectivity index (χ3v) is 11.0. The predicted molar refractivity (Wildman–Crippen MR) is 145 cm³/mol. The molecule has 5 heteroatoms. The largest absolute Gasteiger partial charge is 1.00 e. The SMILES string of the molecule is O=C(NCCC[P+](c1ccccc1)(c1ccccc1)c1ccccc1)OC1CC/C=C\CCC1.[Br-]. The maximum Gasteiger partial charge on any atom is 0.407 e. The summed E-state index contributed by atoms with van der Waals surface area (Å²) in [5.74, 6) is 0. The van der Waals surface area contributed by atoms with Gasteiger partial charge >= 0.3 is 6.09 Å². The molecule has 0 fully saturated rings. The van der Waals surface area contributed by atoms with E-state index in [1.165, 1.54) is 15.9 Å². The fourth-order valence-corrected chi connectivity index (χ4v) is 9.17. The van der Waals surface area contributed by atoms with E-state index in [0.29, 0.717) is 6.54 Å². The van der Waals surface area contributed by atoms with Gasteiger partial charge in [0.15, 0.2) is 0 Å². The van der Waals surface area contributed by atoms with Crippen LogP contribution in [0.25, 0.3) is 0 Å². The molecule has 1 amide bonds. The van der Waals surface area contributed by atoms with Crippen molar-refractivity contribution in [2.24, 2.45) is 0 Å². The number of carbonyl (C=O) groups excluding carboxylic acids is 1. The van der Waals surface area contributed by atoms with Gasteiger partial charge in [-0.2, -0.15) is 0 Å². The molecule has 0 saturated carbocycles. The van der Waals surface area contributed by atoms with Gasteiger partial charge in [-0.15, -0.1) is 0 Å². The van der Waals surface area contributed by atoms with Gasteiger partial charge in [0.2, 0.25) is 0 Å². The summed E-state index contributed by atoms with van der Waals surface area (Å²) >= 11 is 0. The molecule has 0 aromatic heterocycles. The summed E-state index contributed by atoms with van der Waals surface area (Å²) < 4.78 is 5.74. The first-order chi connectivity index (χ1) is 16.8. The Balaban J connectivity index is 0.00000342. The number of allylic oxidation sites excluding steroid dienone is 2. The van der Waals surface area contributed by atoms with Crippen molar-refractivity contribution in [3.05, 3.63) is 103 Å². The van der Waals surface area contributed by atoms with Crippen molar-refractivity contribution in [1.82, 2.24) is 5.32 Å². The summed E-state index contributed by atoms with van der Waals surface area (Å²) in [4.78, 5) is 12.5. The van der Waals surface area contributed by atoms with Gasteiger partial charge in [0, 0.05) is 6.54 Å². The van der Waals surface area contributed by atoms with Crippen LogP contribution in [0, 0.1) is 0 Å². The number of hydrogen-bond donors (Lipinski definition) is 1. The van der Waals surface area contributed by atoms with Gasteiger partial charge in [-0.05, 0) is 74.9 Å². The average Bonchev–Trinajstić information content (AvgIpc) is 2.87. The summed E-state index contributed by atoms with van der Waals surface area (Å²) in [6.07, 6.45) is 11.0. The molecule has 3 nitrogen and oxygen atoms in total. The van der Waals surface area contributed by atoms with Crippen LogP contribution in [-0.4, -0.2) is 24.9 Å². The monoisotopic (exact) mass is 551 g/mol. The molecule has 1 unspecified atom stereocenters. The summed E-state index contributed by atoms with van der Waals surface area (Å²) in [6.45, 7) is 0.611. The highest BCUT2D eigenvalue weighted by molar-refractivity contribution is 7.95. The maximum absolute atomic E-state index is 12.5. The minimum atomic E-state index is -1.86. The van der Waals surface area contributed by atoms with Crippen LogP contribution in [0.2, 0.25) is 0 Å². The maximum atomic E-state index is 12.5. The Labute approximate surface area is 221 Å². The van der Waals surface area contributed by atoms with Crippen LogP contribution in [-0.2, 0) is 4.74 Å². The molecular weight excluding hydrogens is 517 g/mol. The quantitative estimate of drug-likeness (QED) is 0.265. The van der Waals surface area contributed by atoms with Crippen LogP contribution in [0.15, 0.2) is 103 Å². The molecule has 184 valence electrons. The number of amides is 1. The van der Waals surface area contributed by atoms with E-state index in [1.807, 2.05) is 0 Å². The summed E-state index contributed by atoms with van der Waals surface area (Å²) in [6, 6.07) is 32.6. The lowest BCUT2D eigenvalue weighted by atomic mass is 10.0. The lowest BCUT2D eigenvalue weighted by Crippen LogP contribution is -3.00. The molecule has 0 aliphatic heterocycles. The van der Waals surface area contributed by atoms with Gasteiger partial charge in [-0.3, -0.25) is 0 Å². The first-order valence-electron chi connectivity index (χ1n) is 12.4. The molecule has 0 bridgehead atoms. The fourth-order valence-electron chi connectivity index (χ4n) is 4.83. The van der Waals surface area contributed by atoms with Crippen molar-refractivity contribution in [2.45, 2.75) is 44.6 Å². The van der Waals surface area contributed by atoms with E-state index >= 15 is 0 Å². The third-order valence-electron chi connectivity index (χ3n) is 6.52. The minimum Gasteiger partial charge on any atom is -1.00 e. The highest BCUT2D eigenvalue weighted by Crippen LogP contribution is 2.55. The van der Waals surface area contributed by atoms with Crippen LogP contribution < -0.4 is 38.2 Å². The van der Waals surface area contributed by atoms with Crippen LogP contribution in [0.4, 0.5) is 4.79 Å². The van der Waals surface area contributed by atoms with Gasteiger partial charge in [0.05, 0.1) is 6.16 Å². The van der Waals surface area contributed by atoms with Crippen molar-refractivity contribution < 1.29 is 26.5 Å². The summed E-state index contributed by atoms with van der Waals surface area (Å²) in [5.41, 5.74) is 0. The number of alkyl carbamates (subject to hydrolysis) is 1. The Kier molecular flexibility index (Phi) is 11.0. The number of rotatable bonds is 8. The van der Waals surface area contributed by atoms with Crippen molar-refractivity contribution >= 4 is 29.3 Å². The molecule has 1 N–H and O–H groups in total. The molecule has 1 aliphatic rings. The van der Waals surface area contributed by atoms with E-state index in [1.54, 1.807) is 0 Å². The normalized spacial score (nSPS) is 16.7. The third kappa shape index (κ3) is 7.29. The van der Waals surface area contributed by atoms with Gasteiger partial charge in [-0.25, -0.2) is 4.79 Å². The zero-order valence-electron chi connectivity index (χ0n) is 20.2. The van der Waals surface area contributed by atoms with Crippen LogP contribution in [0.5, 0.6) is 0 Å². The molecule has 1 aliphatic carbocycles. The fraction of sp³-hybridized carbons (Fsp3) is 0.300. The molecule has 0 radical (unpaired) electrons. The van der Waals surface area contributed by atoms with Crippen molar-refractivity contribution in [3.63, 3.8) is 0 Å². The van der Waals surface area contributed by atoms with Gasteiger partial charge < -0.3 is 27.0 Å². The Hall–Kier alpha value is -2.42. The first kappa shape index (κ1) is 27.2. The molecule has 0 spiro atoms. The standard InChI is InChI=1S/C30H34NO2P.BrH/c32-30(33-26-16-7-2-1-3-8-17-26)31-24-15-25-34(27-18-9-4-10-19-27,28-20-11-5-12-21-28)29-22-13-6-14-23-29;/h1-2,4-6,9-14,18-23,26H,3,7-8,15-17,24-25H2;1H/b2-1-;. The highest BCUT2D eigenvalue weighted by atomic mass is 79.9. The Morgan fingerprint density at radius 2 is 1.29 bits per heavy atom. The second-order valence-corrected chi connectivity index (χ2v) is 12.4. The van der Waals surface area contributed by atoms with E-state index in [9.17, 15) is 4.79 Å². The van der Waals surface area contributed by atoms with E-state index in [4.69, 9.17) is 4.74 Å². The van der Waals surface area contributed by atoms with E-state index in [-0.39, 0.29) is 29.2 Å². The smallest absolute Gasteiger partial charge is 0.407 e. The Morgan fingerprint density at radius 3 is 1.83 bits per heavy atom. The minimum absolute atomic E-state index is 0. The second-order valence-electron chi connectivity index (χ2n) is 8.83. The van der Waals surface area contributed by atoms with Crippen LogP contribution in [0.1, 0.15) is 38.5 Å². The topological polar surface area (TPSA) is 38.3 Å². The molecule has 3 aromatic rings. The second kappa shape index (κ2) is 14.2. The molecule has 4 rings (SSSR count). The molecule has 0 heterocycles. The van der Waals surface area contributed by atoms with Gasteiger partial charge in [0.25, 0.3) is 0 Å². The molecule has 0 saturated heterocycles. The van der Waals surface area contributed by atoms with Crippen molar-refractivity contribution in [2.75, 3.05) is 12.7 Å². The Morgan fingerprint density at radius 1 is 0.771 bits per heavy atom. The average molecular weight is 552 g/mol. The first-order valence-corrected chi connectivity index (χ1v) is 14.4. The lowest BCUT2D eigenvalue weighted by Gasteiger charge is -2.27. The van der Waals surface area contributed by atoms with E-state index < -0.39 is 7.26 Å². The molecule has 1 atom stereocenters. The summed E-state index contributed by atoms with van der Waals surface area (Å²) in [7, 11) is -1.86. The number of halogens is 1. The highest BCUT2D eigenvalue weighted by Gasteiger charge is 2.44. The van der Waals surface area contributed by atoms with Gasteiger partial charge in [0.1, 0.15) is 29.3 Å². The number of benzene rings is 3. The van der Waals surface area contributed by atoms with Crippen molar-refractivity contribution in [3.8, 4) is 0 Å². The Bertz CT molecular complexity index is 947. The van der Waals surface area contributed by atoms with Crippen LogP contribution in [0.3, 0.4) is 0 Å². The molecule has 3 aromatic carbocycles. The number of hydrogen-bond acceptors (Lipinski definition) is 2. The van der Waals surface area contributed by atoms with E-state index in [0.717, 1.165) is 44.7 Å². The molecule has 35 heavy (non-hydrogen) atoms. The number of carbonyl (C=O) groups is 1. The zero-order chi connectivity index (χ0) is 23.5. The predicted octanol–water partition coefficient (Wildman–Crippen LogP) is 2.99. The van der Waals surface area contributed by atoms with E-state index in [2.05, 4.69) is 108 Å². The van der Waals surface area contributed by atoms with Crippen LogP contribution >= 0.6 is 7.26 Å². The zero-order valence-corrected chi connectivity index (χ0v) is 22.7. The van der Waals surface area contributed by atoms with Crippen molar-refractivity contribution in [1.29, 1.82) is 0 Å². The van der Waals surface area contributed by atoms with Gasteiger partial charge in [-0.1, -0.05) is 66.7 Å².